The first-order valence-electron chi connectivity index (χ1n) is 11.0. The van der Waals surface area contributed by atoms with Gasteiger partial charge in [-0.3, -0.25) is 4.79 Å². The molecule has 1 saturated carbocycles. The number of ether oxygens (including phenoxy) is 1. The summed E-state index contributed by atoms with van der Waals surface area (Å²) in [4.78, 5) is 18.5. The minimum atomic E-state index is 0.0197. The number of fused-ring (bicyclic) bond motifs is 1. The number of nitrogens with zero attached hydrogens (tertiary/aromatic N) is 2. The van der Waals surface area contributed by atoms with E-state index in [2.05, 4.69) is 34.2 Å². The molecule has 1 fully saturated rings. The zero-order valence-electron chi connectivity index (χ0n) is 17.9. The third-order valence-electron chi connectivity index (χ3n) is 6.35. The van der Waals surface area contributed by atoms with Crippen LogP contribution in [-0.2, 0) is 12.8 Å². The molecule has 0 radical (unpaired) electrons. The number of benzene rings is 2. The zero-order chi connectivity index (χ0) is 21.8. The molecule has 0 spiro atoms. The molecule has 5 nitrogen and oxygen atoms in total. The Balaban J connectivity index is 1.29. The van der Waals surface area contributed by atoms with Crippen molar-refractivity contribution in [3.05, 3.63) is 69.5 Å². The third kappa shape index (κ3) is 5.39. The Morgan fingerprint density at radius 2 is 1.84 bits per heavy atom. The van der Waals surface area contributed by atoms with Gasteiger partial charge in [-0.05, 0) is 81.0 Å². The molecule has 0 unspecified atom stereocenters. The highest BCUT2D eigenvalue weighted by Gasteiger charge is 2.24. The van der Waals surface area contributed by atoms with E-state index in [4.69, 9.17) is 22.9 Å². The Bertz CT molecular complexity index is 993. The van der Waals surface area contributed by atoms with Gasteiger partial charge in [0.05, 0.1) is 17.7 Å². The third-order valence-corrected chi connectivity index (χ3v) is 6.65. The summed E-state index contributed by atoms with van der Waals surface area (Å²) in [5, 5.41) is 3.63. The van der Waals surface area contributed by atoms with E-state index in [1.165, 1.54) is 11.1 Å². The van der Waals surface area contributed by atoms with E-state index in [1.54, 1.807) is 18.2 Å². The van der Waals surface area contributed by atoms with Crippen molar-refractivity contribution >= 4 is 23.2 Å². The van der Waals surface area contributed by atoms with Gasteiger partial charge in [-0.15, -0.1) is 0 Å². The first-order chi connectivity index (χ1) is 15.0. The molecule has 4 rings (SSSR count). The second kappa shape index (κ2) is 9.72. The number of carbonyl (C=O) groups excluding carboxylic acids is 1. The molecule has 31 heavy (non-hydrogen) atoms. The summed E-state index contributed by atoms with van der Waals surface area (Å²) < 4.78 is 6.05. The van der Waals surface area contributed by atoms with E-state index in [9.17, 15) is 4.79 Å². The number of rotatable bonds is 4. The molecule has 1 aliphatic heterocycles. The number of likely N-dealkylation sites (N-methyl/N-ethyl adjacent to an activating group) is 1. The van der Waals surface area contributed by atoms with Crippen molar-refractivity contribution in [1.29, 1.82) is 0 Å². The molecule has 0 bridgehead atoms. The number of halogens is 1. The van der Waals surface area contributed by atoms with Crippen molar-refractivity contribution < 1.29 is 9.53 Å². The Labute approximate surface area is 189 Å². The van der Waals surface area contributed by atoms with Crippen LogP contribution in [0.1, 0.15) is 47.2 Å². The molecule has 0 aromatic heterocycles. The molecule has 1 N–H and O–H groups in total. The number of carbonyl (C=O) groups is 1. The molecule has 1 heterocycles. The van der Waals surface area contributed by atoms with E-state index in [1.807, 2.05) is 6.07 Å². The summed E-state index contributed by atoms with van der Waals surface area (Å²) in [6.45, 7) is 9.18. The van der Waals surface area contributed by atoms with Crippen LogP contribution >= 0.6 is 11.6 Å². The summed E-state index contributed by atoms with van der Waals surface area (Å²) in [5.74, 6) is 0.715. The standard InChI is InChI=1S/C25H28ClN3O2/c1-27-24-10-9-22(16-23(24)26)31-21-7-5-20(6-8-21)28-25(30)19-4-3-17-11-13-29(2)14-12-18(17)15-19/h3-4,9-10,15-16,20-21H,5-8,11-14H2,2H3,(H,28,30). The Hall–Kier alpha value is -2.55. The van der Waals surface area contributed by atoms with Gasteiger partial charge in [0.1, 0.15) is 5.75 Å². The fourth-order valence-corrected chi connectivity index (χ4v) is 4.63. The van der Waals surface area contributed by atoms with Crippen molar-refractivity contribution in [2.45, 2.75) is 50.7 Å². The summed E-state index contributed by atoms with van der Waals surface area (Å²) in [6, 6.07) is 11.5. The normalized spacial score (nSPS) is 21.5. The van der Waals surface area contributed by atoms with Crippen LogP contribution in [0.5, 0.6) is 5.75 Å². The van der Waals surface area contributed by atoms with Crippen LogP contribution in [-0.4, -0.2) is 43.1 Å². The van der Waals surface area contributed by atoms with Crippen molar-refractivity contribution in [2.24, 2.45) is 0 Å². The highest BCUT2D eigenvalue weighted by atomic mass is 35.5. The second-order valence-electron chi connectivity index (χ2n) is 8.58. The smallest absolute Gasteiger partial charge is 0.251 e. The largest absolute Gasteiger partial charge is 0.490 e. The van der Waals surface area contributed by atoms with E-state index in [0.29, 0.717) is 16.5 Å². The lowest BCUT2D eigenvalue weighted by atomic mass is 9.92. The molecule has 6 heteroatoms. The minimum Gasteiger partial charge on any atom is -0.490 e. The maximum Gasteiger partial charge on any atom is 0.251 e. The van der Waals surface area contributed by atoms with Crippen molar-refractivity contribution in [3.8, 4) is 5.75 Å². The van der Waals surface area contributed by atoms with Gasteiger partial charge in [-0.25, -0.2) is 4.85 Å². The first-order valence-corrected chi connectivity index (χ1v) is 11.3. The Kier molecular flexibility index (Phi) is 6.80. The van der Waals surface area contributed by atoms with Crippen molar-refractivity contribution in [2.75, 3.05) is 20.1 Å². The average molecular weight is 438 g/mol. The molecule has 0 saturated heterocycles. The van der Waals surface area contributed by atoms with Crippen LogP contribution < -0.4 is 10.1 Å². The lowest BCUT2D eigenvalue weighted by Gasteiger charge is -2.29. The molecule has 2 aliphatic rings. The predicted molar refractivity (Wildman–Crippen MR) is 123 cm³/mol. The lowest BCUT2D eigenvalue weighted by molar-refractivity contribution is 0.0894. The van der Waals surface area contributed by atoms with Gasteiger partial charge in [-0.2, -0.15) is 0 Å². The zero-order valence-corrected chi connectivity index (χ0v) is 18.6. The molecule has 0 atom stereocenters. The van der Waals surface area contributed by atoms with Gasteiger partial charge in [0.15, 0.2) is 0 Å². The summed E-state index contributed by atoms with van der Waals surface area (Å²) in [5.41, 5.74) is 3.86. The molecular formula is C25H28ClN3O2. The fourth-order valence-electron chi connectivity index (χ4n) is 4.42. The maximum atomic E-state index is 12.8. The number of hydrogen-bond acceptors (Lipinski definition) is 3. The van der Waals surface area contributed by atoms with Gasteiger partial charge in [-0.1, -0.05) is 23.7 Å². The maximum absolute atomic E-state index is 12.8. The lowest BCUT2D eigenvalue weighted by Crippen LogP contribution is -2.39. The van der Waals surface area contributed by atoms with E-state index < -0.39 is 0 Å². The van der Waals surface area contributed by atoms with E-state index in [0.717, 1.165) is 57.2 Å². The minimum absolute atomic E-state index is 0.0197. The molecular weight excluding hydrogens is 410 g/mol. The Morgan fingerprint density at radius 3 is 2.55 bits per heavy atom. The van der Waals surface area contributed by atoms with Crippen LogP contribution in [0.25, 0.3) is 4.85 Å². The summed E-state index contributed by atoms with van der Waals surface area (Å²) in [6.07, 6.45) is 5.68. The molecule has 1 aliphatic carbocycles. The van der Waals surface area contributed by atoms with Crippen LogP contribution in [0.2, 0.25) is 5.02 Å². The van der Waals surface area contributed by atoms with Crippen LogP contribution in [0, 0.1) is 6.57 Å². The fraction of sp³-hybridized carbons (Fsp3) is 0.440. The SMILES string of the molecule is [C-]#[N+]c1ccc(OC2CCC(NC(=O)c3ccc4c(c3)CCN(C)CC4)CC2)cc1Cl. The molecule has 2 aromatic carbocycles. The van der Waals surface area contributed by atoms with Gasteiger partial charge in [0.25, 0.3) is 5.91 Å². The van der Waals surface area contributed by atoms with Gasteiger partial charge in [0.2, 0.25) is 5.69 Å². The van der Waals surface area contributed by atoms with E-state index in [-0.39, 0.29) is 18.1 Å². The number of nitrogens with one attached hydrogen (secondary N) is 1. The molecule has 1 amide bonds. The van der Waals surface area contributed by atoms with Crippen LogP contribution in [0.3, 0.4) is 0 Å². The highest BCUT2D eigenvalue weighted by molar-refractivity contribution is 6.33. The van der Waals surface area contributed by atoms with Crippen molar-refractivity contribution in [3.63, 3.8) is 0 Å². The molecule has 2 aromatic rings. The average Bonchev–Trinajstić information content (AvgIpc) is 2.96. The summed E-state index contributed by atoms with van der Waals surface area (Å²) in [7, 11) is 2.15. The topological polar surface area (TPSA) is 45.9 Å². The Morgan fingerprint density at radius 1 is 1.10 bits per heavy atom. The van der Waals surface area contributed by atoms with Gasteiger partial charge < -0.3 is 15.0 Å². The number of hydrogen-bond donors (Lipinski definition) is 1. The van der Waals surface area contributed by atoms with E-state index >= 15 is 0 Å². The van der Waals surface area contributed by atoms with Crippen molar-refractivity contribution in [1.82, 2.24) is 10.2 Å². The predicted octanol–water partition coefficient (Wildman–Crippen LogP) is 5.04. The quantitative estimate of drug-likeness (QED) is 0.681. The first kappa shape index (κ1) is 21.7. The molecule has 162 valence electrons. The number of amides is 1. The van der Waals surface area contributed by atoms with Gasteiger partial charge in [0, 0.05) is 24.7 Å². The monoisotopic (exact) mass is 437 g/mol. The van der Waals surface area contributed by atoms with Crippen LogP contribution in [0.4, 0.5) is 5.69 Å². The van der Waals surface area contributed by atoms with Crippen LogP contribution in [0.15, 0.2) is 36.4 Å². The highest BCUT2D eigenvalue weighted by Crippen LogP contribution is 2.31. The van der Waals surface area contributed by atoms with Gasteiger partial charge >= 0.3 is 0 Å². The summed E-state index contributed by atoms with van der Waals surface area (Å²) >= 11 is 6.10. The second-order valence-corrected chi connectivity index (χ2v) is 8.98.